The summed E-state index contributed by atoms with van der Waals surface area (Å²) in [6.45, 7) is 6.92. The first kappa shape index (κ1) is 12.4. The average molecular weight is 257 g/mol. The number of fused-ring (bicyclic) bond motifs is 1. The molecule has 2 unspecified atom stereocenters. The number of nitriles is 1. The summed E-state index contributed by atoms with van der Waals surface area (Å²) in [7, 11) is 0. The van der Waals surface area contributed by atoms with Gasteiger partial charge in [-0.3, -0.25) is 0 Å². The van der Waals surface area contributed by atoms with Crippen molar-refractivity contribution in [3.05, 3.63) is 16.8 Å². The Morgan fingerprint density at radius 1 is 1.32 bits per heavy atom. The van der Waals surface area contributed by atoms with Crippen LogP contribution in [-0.2, 0) is 0 Å². The van der Waals surface area contributed by atoms with E-state index in [1.807, 2.05) is 13.8 Å². The lowest BCUT2D eigenvalue weighted by atomic mass is 9.93. The predicted octanol–water partition coefficient (Wildman–Crippen LogP) is 1.15. The number of hydrogen-bond acceptors (Lipinski definition) is 5. The van der Waals surface area contributed by atoms with E-state index in [0.717, 1.165) is 43.1 Å². The molecule has 3 heterocycles. The number of nitrogens with zero attached hydrogens (tertiary/aromatic N) is 4. The molecule has 2 aliphatic heterocycles. The van der Waals surface area contributed by atoms with Gasteiger partial charge in [-0.05, 0) is 44.7 Å². The van der Waals surface area contributed by atoms with Crippen LogP contribution in [0.25, 0.3) is 0 Å². The first-order valence-electron chi connectivity index (χ1n) is 6.93. The van der Waals surface area contributed by atoms with Gasteiger partial charge in [0, 0.05) is 19.1 Å². The van der Waals surface area contributed by atoms with Gasteiger partial charge < -0.3 is 10.2 Å². The van der Waals surface area contributed by atoms with Crippen molar-refractivity contribution in [2.45, 2.75) is 32.7 Å². The normalized spacial score (nSPS) is 26.1. The van der Waals surface area contributed by atoms with Gasteiger partial charge in [0.25, 0.3) is 0 Å². The van der Waals surface area contributed by atoms with Crippen LogP contribution in [0.15, 0.2) is 0 Å². The maximum Gasteiger partial charge on any atom is 0.169 e. The second-order valence-corrected chi connectivity index (χ2v) is 5.56. The zero-order chi connectivity index (χ0) is 13.4. The van der Waals surface area contributed by atoms with Crippen LogP contribution in [0.4, 0.5) is 5.82 Å². The Labute approximate surface area is 113 Å². The van der Waals surface area contributed by atoms with Gasteiger partial charge in [0.1, 0.15) is 11.6 Å². The SMILES string of the molecule is Cc1nnc(N2CCC3NCCC3C2)c(C#N)c1C. The third-order valence-electron chi connectivity index (χ3n) is 4.50. The first-order valence-corrected chi connectivity index (χ1v) is 6.93. The molecule has 5 heteroatoms. The van der Waals surface area contributed by atoms with Gasteiger partial charge in [-0.2, -0.15) is 10.4 Å². The Morgan fingerprint density at radius 2 is 2.16 bits per heavy atom. The Hall–Kier alpha value is -1.67. The molecule has 2 aliphatic rings. The highest BCUT2D eigenvalue weighted by Gasteiger charge is 2.34. The van der Waals surface area contributed by atoms with E-state index in [0.29, 0.717) is 17.5 Å². The van der Waals surface area contributed by atoms with Crippen LogP contribution in [0.5, 0.6) is 0 Å². The number of nitrogens with one attached hydrogen (secondary N) is 1. The zero-order valence-electron chi connectivity index (χ0n) is 11.5. The molecule has 2 fully saturated rings. The molecule has 3 rings (SSSR count). The van der Waals surface area contributed by atoms with Crippen molar-refractivity contribution in [3.8, 4) is 6.07 Å². The van der Waals surface area contributed by atoms with E-state index in [2.05, 4.69) is 26.5 Å². The minimum Gasteiger partial charge on any atom is -0.354 e. The summed E-state index contributed by atoms with van der Waals surface area (Å²) in [5.74, 6) is 1.46. The van der Waals surface area contributed by atoms with Crippen LogP contribution < -0.4 is 10.2 Å². The number of aryl methyl sites for hydroxylation is 1. The molecule has 1 aromatic rings. The third-order valence-corrected chi connectivity index (χ3v) is 4.50. The predicted molar refractivity (Wildman–Crippen MR) is 72.9 cm³/mol. The molecule has 0 spiro atoms. The van der Waals surface area contributed by atoms with Crippen LogP contribution >= 0.6 is 0 Å². The average Bonchev–Trinajstić information content (AvgIpc) is 2.89. The highest BCUT2D eigenvalue weighted by Crippen LogP contribution is 2.29. The summed E-state index contributed by atoms with van der Waals surface area (Å²) in [6.07, 6.45) is 2.35. The maximum atomic E-state index is 9.38. The van der Waals surface area contributed by atoms with Crippen LogP contribution in [0.2, 0.25) is 0 Å². The number of aromatic nitrogens is 2. The molecule has 2 atom stereocenters. The van der Waals surface area contributed by atoms with Gasteiger partial charge in [-0.25, -0.2) is 0 Å². The summed E-state index contributed by atoms with van der Waals surface area (Å²) in [5, 5.41) is 21.4. The molecule has 0 aromatic carbocycles. The Morgan fingerprint density at radius 3 is 2.95 bits per heavy atom. The zero-order valence-corrected chi connectivity index (χ0v) is 11.5. The molecular formula is C14H19N5. The van der Waals surface area contributed by atoms with Gasteiger partial charge in [-0.15, -0.1) is 5.10 Å². The van der Waals surface area contributed by atoms with E-state index < -0.39 is 0 Å². The highest BCUT2D eigenvalue weighted by molar-refractivity contribution is 5.57. The lowest BCUT2D eigenvalue weighted by molar-refractivity contribution is 0.374. The van der Waals surface area contributed by atoms with Gasteiger partial charge >= 0.3 is 0 Å². The van der Waals surface area contributed by atoms with Crippen molar-refractivity contribution in [2.24, 2.45) is 5.92 Å². The molecule has 0 bridgehead atoms. The molecule has 2 saturated heterocycles. The summed E-state index contributed by atoms with van der Waals surface area (Å²) in [6, 6.07) is 2.96. The molecule has 19 heavy (non-hydrogen) atoms. The monoisotopic (exact) mass is 257 g/mol. The lowest BCUT2D eigenvalue weighted by Crippen LogP contribution is -2.45. The Kier molecular flexibility index (Phi) is 3.11. The number of hydrogen-bond donors (Lipinski definition) is 1. The van der Waals surface area contributed by atoms with Crippen LogP contribution in [0.3, 0.4) is 0 Å². The quantitative estimate of drug-likeness (QED) is 0.817. The number of rotatable bonds is 1. The number of anilines is 1. The van der Waals surface area contributed by atoms with Crippen LogP contribution in [-0.4, -0.2) is 35.9 Å². The van der Waals surface area contributed by atoms with Crippen molar-refractivity contribution >= 4 is 5.82 Å². The standard InChI is InChI=1S/C14H19N5/c1-9-10(2)17-18-14(12(9)7-15)19-6-4-13-11(8-19)3-5-16-13/h11,13,16H,3-6,8H2,1-2H3. The van der Waals surface area contributed by atoms with E-state index in [1.54, 1.807) is 0 Å². The second kappa shape index (κ2) is 4.78. The largest absolute Gasteiger partial charge is 0.354 e. The van der Waals surface area contributed by atoms with Gasteiger partial charge in [0.05, 0.1) is 5.69 Å². The van der Waals surface area contributed by atoms with E-state index in [-0.39, 0.29) is 0 Å². The molecule has 0 radical (unpaired) electrons. The smallest absolute Gasteiger partial charge is 0.169 e. The van der Waals surface area contributed by atoms with E-state index in [1.165, 1.54) is 6.42 Å². The molecule has 5 nitrogen and oxygen atoms in total. The lowest BCUT2D eigenvalue weighted by Gasteiger charge is -2.35. The van der Waals surface area contributed by atoms with E-state index >= 15 is 0 Å². The van der Waals surface area contributed by atoms with Crippen molar-refractivity contribution in [2.75, 3.05) is 24.5 Å². The van der Waals surface area contributed by atoms with E-state index in [9.17, 15) is 5.26 Å². The second-order valence-electron chi connectivity index (χ2n) is 5.56. The fraction of sp³-hybridized carbons (Fsp3) is 0.643. The molecule has 0 amide bonds. The molecule has 1 N–H and O–H groups in total. The van der Waals surface area contributed by atoms with Gasteiger partial charge in [-0.1, -0.05) is 0 Å². The fourth-order valence-electron chi connectivity index (χ4n) is 3.19. The Bertz CT molecular complexity index is 533. The third kappa shape index (κ3) is 2.06. The Balaban J connectivity index is 1.91. The molecule has 0 aliphatic carbocycles. The minimum absolute atomic E-state index is 0.654. The molecule has 1 aromatic heterocycles. The molecular weight excluding hydrogens is 238 g/mol. The summed E-state index contributed by atoms with van der Waals surface area (Å²) in [4.78, 5) is 2.24. The first-order chi connectivity index (χ1) is 9.20. The summed E-state index contributed by atoms with van der Waals surface area (Å²) >= 11 is 0. The maximum absolute atomic E-state index is 9.38. The fourth-order valence-corrected chi connectivity index (χ4v) is 3.19. The van der Waals surface area contributed by atoms with Crippen molar-refractivity contribution in [1.82, 2.24) is 15.5 Å². The highest BCUT2D eigenvalue weighted by atomic mass is 15.3. The summed E-state index contributed by atoms with van der Waals surface area (Å²) in [5.41, 5.74) is 2.49. The van der Waals surface area contributed by atoms with Gasteiger partial charge in [0.15, 0.2) is 5.82 Å². The van der Waals surface area contributed by atoms with Crippen LogP contribution in [0.1, 0.15) is 29.7 Å². The van der Waals surface area contributed by atoms with E-state index in [4.69, 9.17) is 0 Å². The number of piperidine rings is 1. The van der Waals surface area contributed by atoms with Crippen molar-refractivity contribution < 1.29 is 0 Å². The molecule has 100 valence electrons. The minimum atomic E-state index is 0.654. The van der Waals surface area contributed by atoms with Crippen molar-refractivity contribution in [3.63, 3.8) is 0 Å². The van der Waals surface area contributed by atoms with Crippen molar-refractivity contribution in [1.29, 1.82) is 5.26 Å². The topological polar surface area (TPSA) is 64.8 Å². The van der Waals surface area contributed by atoms with Crippen LogP contribution in [0, 0.1) is 31.1 Å². The molecule has 0 saturated carbocycles. The van der Waals surface area contributed by atoms with Gasteiger partial charge in [0.2, 0.25) is 0 Å². The summed E-state index contributed by atoms with van der Waals surface area (Å²) < 4.78 is 0.